The lowest BCUT2D eigenvalue weighted by atomic mass is 10.3. The molecule has 0 aliphatic heterocycles. The maximum Gasteiger partial charge on any atom is 0.148 e. The van der Waals surface area contributed by atoms with Crippen LogP contribution in [0.4, 0.5) is 4.39 Å². The molecule has 23 heavy (non-hydrogen) atoms. The minimum absolute atomic E-state index is 0.295. The van der Waals surface area contributed by atoms with Crippen LogP contribution in [0.1, 0.15) is 11.4 Å². The van der Waals surface area contributed by atoms with Crippen molar-refractivity contribution in [2.75, 3.05) is 0 Å². The highest BCUT2D eigenvalue weighted by Crippen LogP contribution is 2.29. The summed E-state index contributed by atoms with van der Waals surface area (Å²) in [4.78, 5) is 4.38. The van der Waals surface area contributed by atoms with E-state index in [1.165, 1.54) is 12.1 Å². The van der Waals surface area contributed by atoms with Gasteiger partial charge in [0.2, 0.25) is 0 Å². The van der Waals surface area contributed by atoms with Crippen LogP contribution < -0.4 is 9.47 Å². The zero-order valence-corrected chi connectivity index (χ0v) is 12.9. The molecule has 116 valence electrons. The Bertz CT molecular complexity index is 816. The molecule has 0 radical (unpaired) electrons. The van der Waals surface area contributed by atoms with Crippen LogP contribution in [0.25, 0.3) is 0 Å². The Morgan fingerprint density at radius 1 is 0.783 bits per heavy atom. The van der Waals surface area contributed by atoms with Crippen LogP contribution in [-0.4, -0.2) is 4.98 Å². The van der Waals surface area contributed by atoms with Crippen LogP contribution >= 0.6 is 0 Å². The molecule has 0 amide bonds. The molecule has 2 aromatic carbocycles. The van der Waals surface area contributed by atoms with E-state index in [0.717, 1.165) is 11.4 Å². The van der Waals surface area contributed by atoms with E-state index < -0.39 is 0 Å². The third-order valence-corrected chi connectivity index (χ3v) is 3.26. The summed E-state index contributed by atoms with van der Waals surface area (Å²) in [6.07, 6.45) is 0. The van der Waals surface area contributed by atoms with E-state index in [4.69, 9.17) is 9.47 Å². The fraction of sp³-hybridized carbons (Fsp3) is 0.105. The third-order valence-electron chi connectivity index (χ3n) is 3.26. The lowest BCUT2D eigenvalue weighted by molar-refractivity contribution is 0.456. The number of hydrogen-bond acceptors (Lipinski definition) is 3. The van der Waals surface area contributed by atoms with Crippen molar-refractivity contribution in [2.24, 2.45) is 0 Å². The first-order valence-electron chi connectivity index (χ1n) is 7.26. The minimum Gasteiger partial charge on any atom is -0.457 e. The van der Waals surface area contributed by atoms with E-state index in [1.807, 2.05) is 44.2 Å². The molecule has 3 aromatic rings. The van der Waals surface area contributed by atoms with E-state index in [-0.39, 0.29) is 5.82 Å². The first kappa shape index (κ1) is 15.0. The Balaban J connectivity index is 1.78. The summed E-state index contributed by atoms with van der Waals surface area (Å²) in [6, 6.07) is 17.0. The molecule has 0 aliphatic rings. The Hall–Kier alpha value is -2.88. The van der Waals surface area contributed by atoms with E-state index in [0.29, 0.717) is 23.0 Å². The van der Waals surface area contributed by atoms with Gasteiger partial charge in [-0.3, -0.25) is 4.98 Å². The molecule has 3 rings (SSSR count). The molecule has 1 heterocycles. The Morgan fingerprint density at radius 3 is 2.17 bits per heavy atom. The number of halogens is 1. The number of benzene rings is 2. The summed E-state index contributed by atoms with van der Waals surface area (Å²) in [5.41, 5.74) is 1.78. The van der Waals surface area contributed by atoms with Gasteiger partial charge in [-0.15, -0.1) is 0 Å². The van der Waals surface area contributed by atoms with Crippen LogP contribution in [0.2, 0.25) is 0 Å². The zero-order valence-electron chi connectivity index (χ0n) is 12.9. The van der Waals surface area contributed by atoms with Crippen molar-refractivity contribution in [3.63, 3.8) is 0 Å². The van der Waals surface area contributed by atoms with Crippen molar-refractivity contribution in [3.05, 3.63) is 77.9 Å². The predicted molar refractivity (Wildman–Crippen MR) is 86.7 cm³/mol. The van der Waals surface area contributed by atoms with Gasteiger partial charge in [-0.25, -0.2) is 4.39 Å². The van der Waals surface area contributed by atoms with Gasteiger partial charge in [0.1, 0.15) is 28.8 Å². The molecule has 4 heteroatoms. The van der Waals surface area contributed by atoms with Gasteiger partial charge >= 0.3 is 0 Å². The molecule has 0 fully saturated rings. The number of aromatic nitrogens is 1. The van der Waals surface area contributed by atoms with Crippen LogP contribution in [0, 0.1) is 19.7 Å². The first-order valence-corrected chi connectivity index (χ1v) is 7.26. The number of nitrogens with zero attached hydrogens (tertiary/aromatic N) is 1. The number of ether oxygens (including phenoxy) is 2. The molecule has 0 bridgehead atoms. The zero-order chi connectivity index (χ0) is 16.2. The summed E-state index contributed by atoms with van der Waals surface area (Å²) in [7, 11) is 0. The van der Waals surface area contributed by atoms with Gasteiger partial charge in [-0.05, 0) is 62.4 Å². The minimum atomic E-state index is -0.295. The van der Waals surface area contributed by atoms with E-state index in [1.54, 1.807) is 18.2 Å². The normalized spacial score (nSPS) is 10.4. The summed E-state index contributed by atoms with van der Waals surface area (Å²) < 4.78 is 24.5. The van der Waals surface area contributed by atoms with Crippen molar-refractivity contribution in [1.82, 2.24) is 4.98 Å². The number of hydrogen-bond donors (Lipinski definition) is 0. The van der Waals surface area contributed by atoms with Crippen molar-refractivity contribution < 1.29 is 13.9 Å². The average Bonchev–Trinajstić information content (AvgIpc) is 2.53. The van der Waals surface area contributed by atoms with Gasteiger partial charge in [0.15, 0.2) is 0 Å². The quantitative estimate of drug-likeness (QED) is 0.644. The second-order valence-electron chi connectivity index (χ2n) is 5.17. The van der Waals surface area contributed by atoms with Crippen LogP contribution in [0.3, 0.4) is 0 Å². The number of pyridine rings is 1. The topological polar surface area (TPSA) is 31.4 Å². The molecule has 1 aromatic heterocycles. The van der Waals surface area contributed by atoms with Gasteiger partial charge in [0.05, 0.1) is 5.69 Å². The number of rotatable bonds is 4. The van der Waals surface area contributed by atoms with Gasteiger partial charge in [-0.2, -0.15) is 0 Å². The van der Waals surface area contributed by atoms with E-state index in [2.05, 4.69) is 4.98 Å². The highest BCUT2D eigenvalue weighted by atomic mass is 19.1. The third kappa shape index (κ3) is 3.86. The molecule has 0 aliphatic carbocycles. The molecule has 0 unspecified atom stereocenters. The summed E-state index contributed by atoms with van der Waals surface area (Å²) in [5, 5.41) is 0. The maximum atomic E-state index is 12.9. The van der Waals surface area contributed by atoms with Crippen LogP contribution in [0.5, 0.6) is 23.0 Å². The Morgan fingerprint density at radius 2 is 1.48 bits per heavy atom. The summed E-state index contributed by atoms with van der Waals surface area (Å²) >= 11 is 0. The Kier molecular flexibility index (Phi) is 4.24. The predicted octanol–water partition coefficient (Wildman–Crippen LogP) is 5.42. The summed E-state index contributed by atoms with van der Waals surface area (Å²) in [6.45, 7) is 3.84. The molecule has 0 saturated heterocycles. The number of aryl methyl sites for hydroxylation is 2. The summed E-state index contributed by atoms with van der Waals surface area (Å²) in [5.74, 6) is 2.24. The van der Waals surface area contributed by atoms with E-state index >= 15 is 0 Å². The molecule has 0 atom stereocenters. The maximum absolute atomic E-state index is 12.9. The fourth-order valence-corrected chi connectivity index (χ4v) is 2.15. The van der Waals surface area contributed by atoms with Gasteiger partial charge in [0, 0.05) is 11.8 Å². The molecule has 0 saturated carbocycles. The van der Waals surface area contributed by atoms with Crippen molar-refractivity contribution >= 4 is 0 Å². The lowest BCUT2D eigenvalue weighted by Crippen LogP contribution is -1.92. The average molecular weight is 309 g/mol. The molecule has 0 spiro atoms. The lowest BCUT2D eigenvalue weighted by Gasteiger charge is -2.10. The second-order valence-corrected chi connectivity index (χ2v) is 5.17. The molecular formula is C19H16FNO2. The standard InChI is InChI=1S/C19H16FNO2/c1-13-6-11-19(14(2)21-13)23-18-5-3-4-17(12-18)22-16-9-7-15(20)8-10-16/h3-12H,1-2H3. The fourth-order valence-electron chi connectivity index (χ4n) is 2.15. The van der Waals surface area contributed by atoms with Gasteiger partial charge < -0.3 is 9.47 Å². The molecular weight excluding hydrogens is 293 g/mol. The van der Waals surface area contributed by atoms with Crippen molar-refractivity contribution in [3.8, 4) is 23.0 Å². The smallest absolute Gasteiger partial charge is 0.148 e. The van der Waals surface area contributed by atoms with Gasteiger partial charge in [-0.1, -0.05) is 6.07 Å². The van der Waals surface area contributed by atoms with Crippen LogP contribution in [-0.2, 0) is 0 Å². The van der Waals surface area contributed by atoms with E-state index in [9.17, 15) is 4.39 Å². The first-order chi connectivity index (χ1) is 11.1. The highest BCUT2D eigenvalue weighted by Gasteiger charge is 2.05. The largest absolute Gasteiger partial charge is 0.457 e. The van der Waals surface area contributed by atoms with Gasteiger partial charge in [0.25, 0.3) is 0 Å². The van der Waals surface area contributed by atoms with Crippen molar-refractivity contribution in [2.45, 2.75) is 13.8 Å². The second kappa shape index (κ2) is 6.48. The molecule has 3 nitrogen and oxygen atoms in total. The highest BCUT2D eigenvalue weighted by molar-refractivity contribution is 5.40. The monoisotopic (exact) mass is 309 g/mol. The van der Waals surface area contributed by atoms with Crippen LogP contribution in [0.15, 0.2) is 60.7 Å². The Labute approximate surface area is 134 Å². The SMILES string of the molecule is Cc1ccc(Oc2cccc(Oc3ccc(F)cc3)c2)c(C)n1. The van der Waals surface area contributed by atoms with Crippen molar-refractivity contribution in [1.29, 1.82) is 0 Å². The molecule has 0 N–H and O–H groups in total.